The summed E-state index contributed by atoms with van der Waals surface area (Å²) >= 11 is 5.91. The third-order valence-corrected chi connectivity index (χ3v) is 3.40. The van der Waals surface area contributed by atoms with Crippen LogP contribution < -0.4 is 10.2 Å². The zero-order valence-electron chi connectivity index (χ0n) is 13.1. The van der Waals surface area contributed by atoms with Gasteiger partial charge in [-0.3, -0.25) is 14.9 Å². The van der Waals surface area contributed by atoms with Crippen molar-refractivity contribution < 1.29 is 19.6 Å². The van der Waals surface area contributed by atoms with E-state index in [1.54, 1.807) is 25.1 Å². The molecule has 2 N–H and O–H groups in total. The standard InChI is InChI=1S/C16H14ClN3O5/c1-2-25-14-8-10(7-13(15(14)21)20(23)24)9-18-19-16(22)11-5-3-4-6-12(11)17/h3-9,21H,2H2,1H3,(H,19,22)/b18-9-. The lowest BCUT2D eigenvalue weighted by Gasteiger charge is -2.07. The van der Waals surface area contributed by atoms with E-state index in [4.69, 9.17) is 16.3 Å². The summed E-state index contributed by atoms with van der Waals surface area (Å²) in [6, 6.07) is 8.93. The number of rotatable bonds is 6. The van der Waals surface area contributed by atoms with Crippen LogP contribution in [-0.2, 0) is 0 Å². The number of ether oxygens (including phenoxy) is 1. The van der Waals surface area contributed by atoms with Crippen molar-refractivity contribution in [2.45, 2.75) is 6.92 Å². The van der Waals surface area contributed by atoms with Crippen molar-refractivity contribution in [3.05, 3.63) is 62.7 Å². The van der Waals surface area contributed by atoms with Gasteiger partial charge in [-0.15, -0.1) is 0 Å². The van der Waals surface area contributed by atoms with Gasteiger partial charge in [0.15, 0.2) is 5.75 Å². The van der Waals surface area contributed by atoms with Crippen molar-refractivity contribution in [3.63, 3.8) is 0 Å². The van der Waals surface area contributed by atoms with Crippen molar-refractivity contribution >= 4 is 29.4 Å². The SMILES string of the molecule is CCOc1cc(/C=N\NC(=O)c2ccccc2Cl)cc([N+](=O)[O-])c1O. The fraction of sp³-hybridized carbons (Fsp3) is 0.125. The summed E-state index contributed by atoms with van der Waals surface area (Å²) in [5, 5.41) is 24.8. The van der Waals surface area contributed by atoms with Crippen LogP contribution in [0.3, 0.4) is 0 Å². The Balaban J connectivity index is 2.21. The third kappa shape index (κ3) is 4.45. The van der Waals surface area contributed by atoms with Crippen LogP contribution in [0.5, 0.6) is 11.5 Å². The largest absolute Gasteiger partial charge is 0.500 e. The van der Waals surface area contributed by atoms with Crippen molar-refractivity contribution in [1.82, 2.24) is 5.43 Å². The van der Waals surface area contributed by atoms with E-state index in [1.165, 1.54) is 18.3 Å². The minimum atomic E-state index is -0.739. The molecular formula is C16H14ClN3O5. The number of carbonyl (C=O) groups excluding carboxylic acids is 1. The van der Waals surface area contributed by atoms with Crippen LogP contribution in [0.15, 0.2) is 41.5 Å². The van der Waals surface area contributed by atoms with Gasteiger partial charge in [-0.1, -0.05) is 23.7 Å². The number of benzene rings is 2. The van der Waals surface area contributed by atoms with E-state index < -0.39 is 22.3 Å². The molecule has 0 aliphatic rings. The maximum absolute atomic E-state index is 12.0. The molecule has 1 amide bonds. The summed E-state index contributed by atoms with van der Waals surface area (Å²) in [6.07, 6.45) is 1.20. The molecule has 2 aromatic carbocycles. The van der Waals surface area contributed by atoms with Gasteiger partial charge < -0.3 is 9.84 Å². The van der Waals surface area contributed by atoms with E-state index in [1.807, 2.05) is 0 Å². The van der Waals surface area contributed by atoms with E-state index in [-0.39, 0.29) is 28.5 Å². The number of carbonyl (C=O) groups is 1. The number of nitrogens with one attached hydrogen (secondary N) is 1. The topological polar surface area (TPSA) is 114 Å². The molecule has 0 radical (unpaired) electrons. The number of halogens is 1. The lowest BCUT2D eigenvalue weighted by atomic mass is 10.2. The number of nitro benzene ring substituents is 1. The van der Waals surface area contributed by atoms with Crippen LogP contribution >= 0.6 is 11.6 Å². The number of hydrogen-bond donors (Lipinski definition) is 2. The predicted molar refractivity (Wildman–Crippen MR) is 92.4 cm³/mol. The average molecular weight is 364 g/mol. The van der Waals surface area contributed by atoms with Crippen molar-refractivity contribution in [3.8, 4) is 11.5 Å². The molecule has 0 spiro atoms. The molecule has 0 saturated carbocycles. The predicted octanol–water partition coefficient (Wildman–Crippen LogP) is 3.12. The summed E-state index contributed by atoms with van der Waals surface area (Å²) in [5.74, 6) is -1.14. The highest BCUT2D eigenvalue weighted by Crippen LogP contribution is 2.36. The Labute approximate surface area is 147 Å². The first-order valence-electron chi connectivity index (χ1n) is 7.16. The van der Waals surface area contributed by atoms with Gasteiger partial charge >= 0.3 is 5.69 Å². The molecule has 9 heteroatoms. The highest BCUT2D eigenvalue weighted by Gasteiger charge is 2.19. The minimum absolute atomic E-state index is 0.0458. The van der Waals surface area contributed by atoms with Gasteiger partial charge in [-0.25, -0.2) is 5.43 Å². The van der Waals surface area contributed by atoms with Crippen LogP contribution in [0.25, 0.3) is 0 Å². The first-order valence-corrected chi connectivity index (χ1v) is 7.54. The second kappa shape index (κ2) is 8.11. The van der Waals surface area contributed by atoms with Gasteiger partial charge in [0, 0.05) is 11.6 Å². The first-order chi connectivity index (χ1) is 11.9. The maximum Gasteiger partial charge on any atom is 0.315 e. The van der Waals surface area contributed by atoms with Crippen LogP contribution in [0, 0.1) is 10.1 Å². The lowest BCUT2D eigenvalue weighted by Crippen LogP contribution is -2.17. The summed E-state index contributed by atoms with van der Waals surface area (Å²) in [4.78, 5) is 22.2. The number of aromatic hydroxyl groups is 1. The Morgan fingerprint density at radius 2 is 2.16 bits per heavy atom. The molecule has 0 aliphatic carbocycles. The van der Waals surface area contributed by atoms with Crippen molar-refractivity contribution in [1.29, 1.82) is 0 Å². The first kappa shape index (κ1) is 18.2. The van der Waals surface area contributed by atoms with E-state index in [9.17, 15) is 20.0 Å². The number of phenolic OH excluding ortho intramolecular Hbond substituents is 1. The molecule has 0 bridgehead atoms. The fourth-order valence-electron chi connectivity index (χ4n) is 1.96. The Bertz CT molecular complexity index is 839. The van der Waals surface area contributed by atoms with Crippen LogP contribution in [-0.4, -0.2) is 28.8 Å². The smallest absolute Gasteiger partial charge is 0.315 e. The number of phenols is 1. The molecule has 2 aromatic rings. The summed E-state index contributed by atoms with van der Waals surface area (Å²) in [7, 11) is 0. The zero-order chi connectivity index (χ0) is 18.4. The average Bonchev–Trinajstić information content (AvgIpc) is 2.57. The van der Waals surface area contributed by atoms with Crippen LogP contribution in [0.2, 0.25) is 5.02 Å². The molecule has 0 aliphatic heterocycles. The highest BCUT2D eigenvalue weighted by atomic mass is 35.5. The van der Waals surface area contributed by atoms with E-state index in [0.29, 0.717) is 0 Å². The van der Waals surface area contributed by atoms with Gasteiger partial charge in [0.25, 0.3) is 5.91 Å². The normalized spacial score (nSPS) is 10.6. The summed E-state index contributed by atoms with van der Waals surface area (Å²) in [6.45, 7) is 1.89. The van der Waals surface area contributed by atoms with Crippen LogP contribution in [0.4, 0.5) is 5.69 Å². The second-order valence-corrected chi connectivity index (χ2v) is 5.16. The molecule has 0 fully saturated rings. The van der Waals surface area contributed by atoms with Crippen molar-refractivity contribution in [2.75, 3.05) is 6.61 Å². The molecule has 130 valence electrons. The summed E-state index contributed by atoms with van der Waals surface area (Å²) in [5.41, 5.74) is 2.27. The Morgan fingerprint density at radius 1 is 1.44 bits per heavy atom. The van der Waals surface area contributed by atoms with Gasteiger partial charge in [0.2, 0.25) is 5.75 Å². The molecule has 25 heavy (non-hydrogen) atoms. The molecule has 0 atom stereocenters. The maximum atomic E-state index is 12.0. The zero-order valence-corrected chi connectivity index (χ0v) is 13.9. The molecule has 0 saturated heterocycles. The number of amides is 1. The molecule has 0 aromatic heterocycles. The Kier molecular flexibility index (Phi) is 5.91. The Morgan fingerprint density at radius 3 is 2.80 bits per heavy atom. The number of hydrogen-bond acceptors (Lipinski definition) is 6. The van der Waals surface area contributed by atoms with Gasteiger partial charge in [0.1, 0.15) is 0 Å². The quantitative estimate of drug-likeness (QED) is 0.465. The van der Waals surface area contributed by atoms with Crippen LogP contribution in [0.1, 0.15) is 22.8 Å². The minimum Gasteiger partial charge on any atom is -0.500 e. The summed E-state index contributed by atoms with van der Waals surface area (Å²) < 4.78 is 5.16. The van der Waals surface area contributed by atoms with Gasteiger partial charge in [-0.2, -0.15) is 5.10 Å². The van der Waals surface area contributed by atoms with E-state index in [0.717, 1.165) is 6.07 Å². The molecule has 8 nitrogen and oxygen atoms in total. The van der Waals surface area contributed by atoms with Crippen molar-refractivity contribution in [2.24, 2.45) is 5.10 Å². The number of nitrogens with zero attached hydrogens (tertiary/aromatic N) is 2. The number of nitro groups is 1. The van der Waals surface area contributed by atoms with E-state index in [2.05, 4.69) is 10.5 Å². The van der Waals surface area contributed by atoms with Gasteiger partial charge in [-0.05, 0) is 25.1 Å². The van der Waals surface area contributed by atoms with Gasteiger partial charge in [0.05, 0.1) is 28.3 Å². The fourth-order valence-corrected chi connectivity index (χ4v) is 2.19. The third-order valence-electron chi connectivity index (χ3n) is 3.07. The Hall–Kier alpha value is -3.13. The number of hydrazone groups is 1. The van der Waals surface area contributed by atoms with E-state index >= 15 is 0 Å². The monoisotopic (exact) mass is 363 g/mol. The molecule has 0 heterocycles. The molecule has 2 rings (SSSR count). The highest BCUT2D eigenvalue weighted by molar-refractivity contribution is 6.33. The lowest BCUT2D eigenvalue weighted by molar-refractivity contribution is -0.386. The second-order valence-electron chi connectivity index (χ2n) is 4.76. The molecular weight excluding hydrogens is 350 g/mol. The molecule has 0 unspecified atom stereocenters.